The maximum absolute atomic E-state index is 13.2. The molecule has 0 aromatic heterocycles. The van der Waals surface area contributed by atoms with Crippen LogP contribution in [-0.2, 0) is 14.3 Å². The minimum absolute atomic E-state index is 0.249. The van der Waals surface area contributed by atoms with Gasteiger partial charge >= 0.3 is 0 Å². The standard InChI is InChI=1S/C71H137NO10/c1-3-5-7-9-11-13-15-17-19-21-23-25-27-29-31-32-33-35-36-38-40-42-44-46-48-50-52-54-56-58-63(74)66(76)62(61-81-71-69(79)68(78)67(77)65(60-73)82-71)72-70(80)64(75)59-57-55-53-51-49-47-45-43-41-39-37-34-30-28-26-24-22-20-18-16-14-12-10-8-6-4-2/h42,44,50,52,62-69,71,73-79H,3-41,43,45-49,51,53-61H2,1-2H3,(H,72,80)/b44-42+,52-50+. The van der Waals surface area contributed by atoms with E-state index in [1.807, 2.05) is 0 Å². The molecular weight excluding hydrogens is 1030 g/mol. The number of carbonyl (C=O) groups is 1. The number of hydrogen-bond donors (Lipinski definition) is 8. The number of amides is 1. The van der Waals surface area contributed by atoms with Gasteiger partial charge in [-0.15, -0.1) is 0 Å². The smallest absolute Gasteiger partial charge is 0.249 e. The second kappa shape index (κ2) is 59.9. The minimum atomic E-state index is -1.67. The molecule has 1 amide bonds. The third kappa shape index (κ3) is 46.8. The number of hydrogen-bond acceptors (Lipinski definition) is 10. The topological polar surface area (TPSA) is 189 Å². The summed E-state index contributed by atoms with van der Waals surface area (Å²) < 4.78 is 11.2. The maximum atomic E-state index is 13.2. The van der Waals surface area contributed by atoms with Gasteiger partial charge in [0.25, 0.3) is 0 Å². The van der Waals surface area contributed by atoms with Gasteiger partial charge in [-0.1, -0.05) is 327 Å². The molecule has 82 heavy (non-hydrogen) atoms. The monoisotopic (exact) mass is 1160 g/mol. The van der Waals surface area contributed by atoms with Crippen LogP contribution in [0.5, 0.6) is 0 Å². The average molecular weight is 1160 g/mol. The summed E-state index contributed by atoms with van der Waals surface area (Å²) in [4.78, 5) is 13.2. The molecule has 9 atom stereocenters. The highest BCUT2D eigenvalue weighted by molar-refractivity contribution is 5.80. The SMILES string of the molecule is CCCCCCCCCCCCCCCCCCCCCC/C=C/CC/C=C/CCCC(O)C(O)C(COC1OC(CO)C(O)C(O)C1O)NC(=O)C(O)CCCCCCCCCCCCCCCCCCCCCCCCCCCC. The number of carbonyl (C=O) groups excluding carboxylic acids is 1. The molecule has 486 valence electrons. The molecular formula is C71H137NO10. The van der Waals surface area contributed by atoms with Gasteiger partial charge in [-0.05, 0) is 51.4 Å². The summed E-state index contributed by atoms with van der Waals surface area (Å²) in [5.41, 5.74) is 0. The Kier molecular flexibility index (Phi) is 57.4. The van der Waals surface area contributed by atoms with Crippen LogP contribution in [0.4, 0.5) is 0 Å². The molecule has 1 aliphatic rings. The zero-order valence-electron chi connectivity index (χ0n) is 53.8. The van der Waals surface area contributed by atoms with Gasteiger partial charge in [0, 0.05) is 0 Å². The molecule has 0 aliphatic carbocycles. The summed E-state index contributed by atoms with van der Waals surface area (Å²) in [5.74, 6) is -0.703. The van der Waals surface area contributed by atoms with E-state index in [-0.39, 0.29) is 12.8 Å². The molecule has 0 radical (unpaired) electrons. The van der Waals surface area contributed by atoms with Crippen molar-refractivity contribution in [2.75, 3.05) is 13.2 Å². The number of aliphatic hydroxyl groups is 7. The van der Waals surface area contributed by atoms with E-state index in [0.29, 0.717) is 19.3 Å². The van der Waals surface area contributed by atoms with E-state index in [4.69, 9.17) is 9.47 Å². The highest BCUT2D eigenvalue weighted by Gasteiger charge is 2.44. The Morgan fingerprint density at radius 1 is 0.415 bits per heavy atom. The largest absolute Gasteiger partial charge is 0.394 e. The molecule has 1 rings (SSSR count). The van der Waals surface area contributed by atoms with Crippen LogP contribution in [-0.4, -0.2) is 110 Å². The summed E-state index contributed by atoms with van der Waals surface area (Å²) in [6, 6.07) is -1.19. The van der Waals surface area contributed by atoms with E-state index in [1.54, 1.807) is 0 Å². The summed E-state index contributed by atoms with van der Waals surface area (Å²) in [6.07, 6.45) is 64.1. The Morgan fingerprint density at radius 2 is 0.732 bits per heavy atom. The molecule has 0 saturated carbocycles. The Labute approximate surface area is 505 Å². The first-order valence-electron chi connectivity index (χ1n) is 35.7. The Hall–Kier alpha value is -1.41. The van der Waals surface area contributed by atoms with Gasteiger partial charge in [0.05, 0.1) is 25.4 Å². The number of ether oxygens (including phenoxy) is 2. The van der Waals surface area contributed by atoms with Gasteiger partial charge < -0.3 is 50.5 Å². The second-order valence-electron chi connectivity index (χ2n) is 25.3. The van der Waals surface area contributed by atoms with Crippen molar-refractivity contribution in [3.63, 3.8) is 0 Å². The molecule has 0 spiro atoms. The lowest BCUT2D eigenvalue weighted by Gasteiger charge is -2.40. The fourth-order valence-electron chi connectivity index (χ4n) is 11.8. The summed E-state index contributed by atoms with van der Waals surface area (Å²) in [7, 11) is 0. The zero-order chi connectivity index (χ0) is 59.6. The van der Waals surface area contributed by atoms with Gasteiger partial charge in [0.15, 0.2) is 6.29 Å². The van der Waals surface area contributed by atoms with Crippen molar-refractivity contribution in [3.8, 4) is 0 Å². The lowest BCUT2D eigenvalue weighted by atomic mass is 9.98. The second-order valence-corrected chi connectivity index (χ2v) is 25.3. The van der Waals surface area contributed by atoms with Crippen LogP contribution in [0, 0.1) is 0 Å². The van der Waals surface area contributed by atoms with Crippen LogP contribution < -0.4 is 5.32 Å². The fraction of sp³-hybridized carbons (Fsp3) is 0.930. The van der Waals surface area contributed by atoms with Gasteiger partial charge in [-0.2, -0.15) is 0 Å². The van der Waals surface area contributed by atoms with Gasteiger partial charge in [-0.25, -0.2) is 0 Å². The molecule has 0 bridgehead atoms. The predicted octanol–water partition coefficient (Wildman–Crippen LogP) is 17.2. The average Bonchev–Trinajstić information content (AvgIpc) is 3.48. The molecule has 1 fully saturated rings. The van der Waals surface area contributed by atoms with E-state index >= 15 is 0 Å². The van der Waals surface area contributed by atoms with Crippen LogP contribution in [0.3, 0.4) is 0 Å². The van der Waals surface area contributed by atoms with Gasteiger partial charge in [-0.3, -0.25) is 4.79 Å². The van der Waals surface area contributed by atoms with E-state index in [0.717, 1.165) is 38.5 Å². The van der Waals surface area contributed by atoms with Crippen molar-refractivity contribution in [2.45, 2.75) is 409 Å². The molecule has 1 saturated heterocycles. The molecule has 0 aromatic carbocycles. The molecule has 1 aliphatic heterocycles. The van der Waals surface area contributed by atoms with Crippen molar-refractivity contribution in [1.82, 2.24) is 5.32 Å². The molecule has 11 nitrogen and oxygen atoms in total. The summed E-state index contributed by atoms with van der Waals surface area (Å²) >= 11 is 0. The number of rotatable bonds is 63. The quantitative estimate of drug-likeness (QED) is 0.0215. The van der Waals surface area contributed by atoms with Crippen LogP contribution in [0.25, 0.3) is 0 Å². The van der Waals surface area contributed by atoms with Gasteiger partial charge in [0.1, 0.15) is 36.6 Å². The zero-order valence-corrected chi connectivity index (χ0v) is 53.8. The van der Waals surface area contributed by atoms with Crippen LogP contribution in [0.2, 0.25) is 0 Å². The Bertz CT molecular complexity index is 1380. The lowest BCUT2D eigenvalue weighted by molar-refractivity contribution is -0.303. The molecule has 11 heteroatoms. The first-order valence-corrected chi connectivity index (χ1v) is 35.7. The third-order valence-electron chi connectivity index (χ3n) is 17.5. The Morgan fingerprint density at radius 3 is 1.09 bits per heavy atom. The highest BCUT2D eigenvalue weighted by Crippen LogP contribution is 2.24. The number of aliphatic hydroxyl groups excluding tert-OH is 7. The van der Waals surface area contributed by atoms with Crippen molar-refractivity contribution in [1.29, 1.82) is 0 Å². The first-order chi connectivity index (χ1) is 40.2. The van der Waals surface area contributed by atoms with Crippen molar-refractivity contribution < 1.29 is 50.0 Å². The van der Waals surface area contributed by atoms with E-state index in [9.17, 15) is 40.5 Å². The normalized spacial score (nSPS) is 19.2. The van der Waals surface area contributed by atoms with Crippen molar-refractivity contribution >= 4 is 5.91 Å². The summed E-state index contributed by atoms with van der Waals surface area (Å²) in [6.45, 7) is 3.50. The van der Waals surface area contributed by atoms with E-state index in [2.05, 4.69) is 43.5 Å². The third-order valence-corrected chi connectivity index (χ3v) is 17.5. The van der Waals surface area contributed by atoms with E-state index in [1.165, 1.54) is 270 Å². The number of allylic oxidation sites excluding steroid dienone is 4. The van der Waals surface area contributed by atoms with Crippen molar-refractivity contribution in [3.05, 3.63) is 24.3 Å². The number of nitrogens with one attached hydrogen (secondary N) is 1. The van der Waals surface area contributed by atoms with E-state index < -0.39 is 74.2 Å². The maximum Gasteiger partial charge on any atom is 0.249 e. The minimum Gasteiger partial charge on any atom is -0.394 e. The first kappa shape index (κ1) is 78.6. The van der Waals surface area contributed by atoms with Gasteiger partial charge in [0.2, 0.25) is 5.91 Å². The van der Waals surface area contributed by atoms with Crippen LogP contribution in [0.15, 0.2) is 24.3 Å². The van der Waals surface area contributed by atoms with Crippen LogP contribution >= 0.6 is 0 Å². The number of unbranched alkanes of at least 4 members (excludes halogenated alkanes) is 47. The molecule has 8 N–H and O–H groups in total. The molecule has 1 heterocycles. The fourth-order valence-corrected chi connectivity index (χ4v) is 11.8. The summed E-state index contributed by atoms with van der Waals surface area (Å²) in [5, 5.41) is 76.5. The molecule has 0 aromatic rings. The lowest BCUT2D eigenvalue weighted by Crippen LogP contribution is -2.60. The van der Waals surface area contributed by atoms with Crippen molar-refractivity contribution in [2.24, 2.45) is 0 Å². The Balaban J connectivity index is 2.22. The van der Waals surface area contributed by atoms with Crippen LogP contribution in [0.1, 0.15) is 354 Å². The predicted molar refractivity (Wildman–Crippen MR) is 344 cm³/mol. The highest BCUT2D eigenvalue weighted by atomic mass is 16.7. The molecule has 9 unspecified atom stereocenters.